The summed E-state index contributed by atoms with van der Waals surface area (Å²) in [5, 5.41) is 3.97. The summed E-state index contributed by atoms with van der Waals surface area (Å²) in [6.45, 7) is 9.12. The number of benzene rings is 2. The number of carbonyl (C=O) groups is 3. The van der Waals surface area contributed by atoms with Gasteiger partial charge in [-0.3, -0.25) is 9.59 Å². The maximum absolute atomic E-state index is 13.6. The molecule has 0 spiro atoms. The average Bonchev–Trinajstić information content (AvgIpc) is 3.43. The number of nitrogens with zero attached hydrogens (tertiary/aromatic N) is 4. The van der Waals surface area contributed by atoms with Gasteiger partial charge >= 0.3 is 6.09 Å². The molecule has 0 bridgehead atoms. The van der Waals surface area contributed by atoms with E-state index < -0.39 is 17.6 Å². The number of alkyl carbamates (subject to hydrolysis) is 1. The Bertz CT molecular complexity index is 1630. The highest BCUT2D eigenvalue weighted by atomic mass is 16.6. The topological polar surface area (TPSA) is 124 Å². The van der Waals surface area contributed by atoms with Crippen LogP contribution in [0.5, 0.6) is 0 Å². The smallest absolute Gasteiger partial charge is 0.407 e. The molecular formula is C30H36N6O4. The highest BCUT2D eigenvalue weighted by Gasteiger charge is 2.29. The minimum Gasteiger partial charge on any atom is -0.444 e. The number of piperidine rings is 1. The molecule has 1 aliphatic heterocycles. The standard InChI is InChI=1S/C30H36N6O4/c1-6-36-23-12-8-7-10-18(23)16-24(36)27-33-22-15-19(14-21(26(31)37)25(22)34(27)5)28(38)35-13-9-11-20(17-35)32-29(39)40-30(2,3)4/h7-8,10,12,14-16,20H,6,9,11,13,17H2,1-5H3,(H2,31,37)(H,32,39)/t20-/m1/s1. The van der Waals surface area contributed by atoms with Crippen LogP contribution in [-0.4, -0.2) is 61.7 Å². The van der Waals surface area contributed by atoms with Gasteiger partial charge in [-0.15, -0.1) is 0 Å². The van der Waals surface area contributed by atoms with Gasteiger partial charge in [0.05, 0.1) is 22.3 Å². The lowest BCUT2D eigenvalue weighted by atomic mass is 10.0. The first-order valence-electron chi connectivity index (χ1n) is 13.6. The van der Waals surface area contributed by atoms with E-state index in [9.17, 15) is 14.4 Å². The molecule has 40 heavy (non-hydrogen) atoms. The first kappa shape index (κ1) is 27.2. The number of hydrogen-bond donors (Lipinski definition) is 2. The molecule has 210 valence electrons. The van der Waals surface area contributed by atoms with E-state index in [0.29, 0.717) is 35.5 Å². The van der Waals surface area contributed by atoms with Crippen LogP contribution in [0.1, 0.15) is 61.3 Å². The van der Waals surface area contributed by atoms with Crippen molar-refractivity contribution in [2.75, 3.05) is 13.1 Å². The van der Waals surface area contributed by atoms with Crippen LogP contribution >= 0.6 is 0 Å². The van der Waals surface area contributed by atoms with Crippen molar-refractivity contribution >= 4 is 39.8 Å². The second-order valence-corrected chi connectivity index (χ2v) is 11.3. The fourth-order valence-electron chi connectivity index (χ4n) is 5.56. The molecule has 0 radical (unpaired) electrons. The number of likely N-dealkylation sites (tertiary alicyclic amines) is 1. The van der Waals surface area contributed by atoms with Crippen molar-refractivity contribution in [1.82, 2.24) is 24.3 Å². The summed E-state index contributed by atoms with van der Waals surface area (Å²) in [7, 11) is 1.85. The van der Waals surface area contributed by atoms with Crippen LogP contribution in [0.4, 0.5) is 4.79 Å². The molecule has 3 N–H and O–H groups in total. The molecule has 1 aliphatic rings. The van der Waals surface area contributed by atoms with Gasteiger partial charge in [-0.1, -0.05) is 18.2 Å². The van der Waals surface area contributed by atoms with Gasteiger partial charge in [0.2, 0.25) is 0 Å². The maximum Gasteiger partial charge on any atom is 0.407 e. The Kier molecular flexibility index (Phi) is 7.03. The lowest BCUT2D eigenvalue weighted by Crippen LogP contribution is -2.50. The third-order valence-electron chi connectivity index (χ3n) is 7.27. The number of ether oxygens (including phenoxy) is 1. The van der Waals surface area contributed by atoms with Crippen molar-refractivity contribution in [1.29, 1.82) is 0 Å². The Morgan fingerprint density at radius 2 is 1.90 bits per heavy atom. The van der Waals surface area contributed by atoms with Gasteiger partial charge in [-0.25, -0.2) is 9.78 Å². The lowest BCUT2D eigenvalue weighted by Gasteiger charge is -2.33. The van der Waals surface area contributed by atoms with E-state index in [0.717, 1.165) is 36.0 Å². The van der Waals surface area contributed by atoms with Crippen molar-refractivity contribution in [3.8, 4) is 11.5 Å². The van der Waals surface area contributed by atoms with E-state index in [2.05, 4.69) is 35.0 Å². The van der Waals surface area contributed by atoms with Crippen LogP contribution in [-0.2, 0) is 18.3 Å². The molecule has 1 fully saturated rings. The molecule has 10 nitrogen and oxygen atoms in total. The molecule has 3 heterocycles. The Balaban J connectivity index is 1.49. The third kappa shape index (κ3) is 5.13. The Morgan fingerprint density at radius 1 is 1.15 bits per heavy atom. The number of nitrogens with two attached hydrogens (primary N) is 1. The van der Waals surface area contributed by atoms with Crippen LogP contribution < -0.4 is 11.1 Å². The summed E-state index contributed by atoms with van der Waals surface area (Å²) in [4.78, 5) is 45.1. The van der Waals surface area contributed by atoms with Gasteiger partial charge in [0.25, 0.3) is 11.8 Å². The van der Waals surface area contributed by atoms with Crippen LogP contribution in [0.15, 0.2) is 42.5 Å². The molecule has 1 atom stereocenters. The van der Waals surface area contributed by atoms with Crippen LogP contribution in [0.2, 0.25) is 0 Å². The molecule has 10 heteroatoms. The fourth-order valence-corrected chi connectivity index (χ4v) is 5.56. The van der Waals surface area contributed by atoms with Gasteiger partial charge in [-0.05, 0) is 64.8 Å². The number of aryl methyl sites for hydroxylation is 2. The number of nitrogens with one attached hydrogen (secondary N) is 1. The highest BCUT2D eigenvalue weighted by Crippen LogP contribution is 2.32. The largest absolute Gasteiger partial charge is 0.444 e. The SMILES string of the molecule is CCn1c(-c2nc3cc(C(=O)N4CCC[C@@H](NC(=O)OC(C)(C)C)C4)cc(C(N)=O)c3n2C)cc2ccccc21. The number of imidazole rings is 1. The Morgan fingerprint density at radius 3 is 2.60 bits per heavy atom. The van der Waals surface area contributed by atoms with Crippen LogP contribution in [0.25, 0.3) is 33.5 Å². The molecular weight excluding hydrogens is 508 g/mol. The molecule has 3 amide bonds. The van der Waals surface area contributed by atoms with Gasteiger partial charge in [0.15, 0.2) is 5.82 Å². The third-order valence-corrected chi connectivity index (χ3v) is 7.27. The van der Waals surface area contributed by atoms with E-state index in [4.69, 9.17) is 15.5 Å². The number of amides is 3. The molecule has 5 rings (SSSR count). The number of carbonyl (C=O) groups excluding carboxylic acids is 3. The molecule has 0 unspecified atom stereocenters. The van der Waals surface area contributed by atoms with Gasteiger partial charge < -0.3 is 29.8 Å². The number of para-hydroxylation sites is 1. The maximum atomic E-state index is 13.6. The quantitative estimate of drug-likeness (QED) is 0.384. The van der Waals surface area contributed by atoms with Gasteiger partial charge in [0.1, 0.15) is 5.60 Å². The predicted molar refractivity (Wildman–Crippen MR) is 154 cm³/mol. The summed E-state index contributed by atoms with van der Waals surface area (Å²) >= 11 is 0. The molecule has 2 aromatic heterocycles. The summed E-state index contributed by atoms with van der Waals surface area (Å²) < 4.78 is 9.43. The number of fused-ring (bicyclic) bond motifs is 2. The molecule has 0 saturated carbocycles. The number of aromatic nitrogens is 3. The molecule has 1 saturated heterocycles. The van der Waals surface area contributed by atoms with Crippen molar-refractivity contribution in [2.45, 2.75) is 58.7 Å². The van der Waals surface area contributed by atoms with Crippen LogP contribution in [0, 0.1) is 0 Å². The van der Waals surface area contributed by atoms with E-state index >= 15 is 0 Å². The molecule has 2 aromatic carbocycles. The average molecular weight is 545 g/mol. The van der Waals surface area contributed by atoms with E-state index in [1.165, 1.54) is 0 Å². The summed E-state index contributed by atoms with van der Waals surface area (Å²) in [6, 6.07) is 13.3. The monoisotopic (exact) mass is 544 g/mol. The molecule has 4 aromatic rings. The highest BCUT2D eigenvalue weighted by molar-refractivity contribution is 6.09. The first-order valence-corrected chi connectivity index (χ1v) is 13.6. The zero-order valence-electron chi connectivity index (χ0n) is 23.7. The fraction of sp³-hybridized carbons (Fsp3) is 0.400. The Hall–Kier alpha value is -4.34. The van der Waals surface area contributed by atoms with Crippen molar-refractivity contribution in [3.63, 3.8) is 0 Å². The number of rotatable bonds is 5. The minimum atomic E-state index is -0.631. The normalized spacial score (nSPS) is 15.9. The van der Waals surface area contributed by atoms with E-state index in [1.54, 1.807) is 37.8 Å². The van der Waals surface area contributed by atoms with Crippen molar-refractivity contribution < 1.29 is 19.1 Å². The zero-order valence-corrected chi connectivity index (χ0v) is 23.7. The lowest BCUT2D eigenvalue weighted by molar-refractivity contribution is 0.0452. The summed E-state index contributed by atoms with van der Waals surface area (Å²) in [5.74, 6) is -0.192. The van der Waals surface area contributed by atoms with E-state index in [1.807, 2.05) is 23.7 Å². The van der Waals surface area contributed by atoms with Gasteiger partial charge in [0, 0.05) is 49.2 Å². The predicted octanol–water partition coefficient (Wildman–Crippen LogP) is 4.44. The minimum absolute atomic E-state index is 0.232. The van der Waals surface area contributed by atoms with Gasteiger partial charge in [-0.2, -0.15) is 0 Å². The van der Waals surface area contributed by atoms with E-state index in [-0.39, 0.29) is 17.5 Å². The molecule has 0 aliphatic carbocycles. The number of hydrogen-bond acceptors (Lipinski definition) is 5. The summed E-state index contributed by atoms with van der Waals surface area (Å²) in [5.41, 5.74) is 8.89. The number of primary amides is 1. The second-order valence-electron chi connectivity index (χ2n) is 11.3. The first-order chi connectivity index (χ1) is 19.0. The summed E-state index contributed by atoms with van der Waals surface area (Å²) in [6.07, 6.45) is 0.963. The second kappa shape index (κ2) is 10.3. The Labute approximate surface area is 233 Å². The van der Waals surface area contributed by atoms with Crippen LogP contribution in [0.3, 0.4) is 0 Å². The van der Waals surface area contributed by atoms with Crippen molar-refractivity contribution in [3.05, 3.63) is 53.6 Å². The zero-order chi connectivity index (χ0) is 28.8. The van der Waals surface area contributed by atoms with Crippen molar-refractivity contribution in [2.24, 2.45) is 12.8 Å².